The second-order valence-corrected chi connectivity index (χ2v) is 7.52. The van der Waals surface area contributed by atoms with Crippen molar-refractivity contribution in [1.29, 1.82) is 0 Å². The Hall–Kier alpha value is -4.01. The number of carbonyl (C=O) groups excluding carboxylic acids is 2. The van der Waals surface area contributed by atoms with E-state index in [0.717, 1.165) is 16.8 Å². The predicted octanol–water partition coefficient (Wildman–Crippen LogP) is 3.66. The highest BCUT2D eigenvalue weighted by Gasteiger charge is 2.37. The molecule has 2 aromatic carbocycles. The number of nitrogens with zero attached hydrogens (tertiary/aromatic N) is 2. The van der Waals surface area contributed by atoms with Gasteiger partial charge < -0.3 is 24.8 Å². The van der Waals surface area contributed by atoms with Crippen LogP contribution >= 0.6 is 0 Å². The van der Waals surface area contributed by atoms with E-state index in [4.69, 9.17) is 14.2 Å². The Kier molecular flexibility index (Phi) is 6.21. The molecule has 0 aliphatic carbocycles. The smallest absolute Gasteiger partial charge is 0.251 e. The van der Waals surface area contributed by atoms with Gasteiger partial charge in [0.25, 0.3) is 5.91 Å². The molecule has 3 aromatic rings. The predicted molar refractivity (Wildman–Crippen MR) is 124 cm³/mol. The Morgan fingerprint density at radius 2 is 1.79 bits per heavy atom. The highest BCUT2D eigenvalue weighted by molar-refractivity contribution is 6.04. The van der Waals surface area contributed by atoms with Gasteiger partial charge in [-0.25, -0.2) is 4.68 Å². The summed E-state index contributed by atoms with van der Waals surface area (Å²) >= 11 is 0. The maximum atomic E-state index is 12.8. The number of rotatable bonds is 8. The molecule has 1 atom stereocenters. The number of hydrogen-bond acceptors (Lipinski definition) is 6. The second-order valence-electron chi connectivity index (χ2n) is 7.52. The Balaban J connectivity index is 1.61. The van der Waals surface area contributed by atoms with Crippen LogP contribution in [0.5, 0.6) is 17.2 Å². The summed E-state index contributed by atoms with van der Waals surface area (Å²) in [6, 6.07) is 11.8. The van der Waals surface area contributed by atoms with E-state index < -0.39 is 6.04 Å². The fourth-order valence-corrected chi connectivity index (χ4v) is 3.92. The number of aryl methyl sites for hydroxylation is 1. The first kappa shape index (κ1) is 22.2. The van der Waals surface area contributed by atoms with Crippen molar-refractivity contribution < 1.29 is 23.8 Å². The number of hydrogen-bond donors (Lipinski definition) is 2. The topological polar surface area (TPSA) is 104 Å². The number of anilines is 2. The SMILES string of the molecule is CCc1nn2c(c1-c1ccc(OC)c(OC)c1)NC(=O)C2CC(=O)Nc1ccc(OC)cc1. The molecule has 9 nitrogen and oxygen atoms in total. The monoisotopic (exact) mass is 450 g/mol. The number of amides is 2. The lowest BCUT2D eigenvalue weighted by atomic mass is 10.0. The Bertz CT molecular complexity index is 1190. The van der Waals surface area contributed by atoms with Gasteiger partial charge in [-0.1, -0.05) is 13.0 Å². The van der Waals surface area contributed by atoms with Crippen LogP contribution in [-0.4, -0.2) is 42.9 Å². The molecular weight excluding hydrogens is 424 g/mol. The first-order chi connectivity index (χ1) is 16.0. The molecule has 2 N–H and O–H groups in total. The van der Waals surface area contributed by atoms with Gasteiger partial charge in [0.15, 0.2) is 11.5 Å². The molecule has 0 bridgehead atoms. The number of carbonyl (C=O) groups is 2. The fourth-order valence-electron chi connectivity index (χ4n) is 3.92. The zero-order valence-corrected chi connectivity index (χ0v) is 19.0. The average molecular weight is 450 g/mol. The molecule has 0 radical (unpaired) electrons. The molecule has 2 amide bonds. The van der Waals surface area contributed by atoms with E-state index >= 15 is 0 Å². The lowest BCUT2D eigenvalue weighted by Gasteiger charge is -2.11. The highest BCUT2D eigenvalue weighted by atomic mass is 16.5. The number of ether oxygens (including phenoxy) is 3. The van der Waals surface area contributed by atoms with Gasteiger partial charge in [-0.2, -0.15) is 5.10 Å². The van der Waals surface area contributed by atoms with E-state index in [2.05, 4.69) is 15.7 Å². The summed E-state index contributed by atoms with van der Waals surface area (Å²) in [5, 5.41) is 10.4. The number of benzene rings is 2. The van der Waals surface area contributed by atoms with Gasteiger partial charge in [0.05, 0.1) is 33.4 Å². The standard InChI is InChI=1S/C24H26N4O5/c1-5-17-22(14-6-11-19(32-3)20(12-14)33-4)23-26-24(30)18(28(23)27-17)13-21(29)25-15-7-9-16(31-2)10-8-15/h6-12,18H,5,13H2,1-4H3,(H,25,29)(H,26,30). The maximum absolute atomic E-state index is 12.8. The van der Waals surface area contributed by atoms with E-state index in [0.29, 0.717) is 35.2 Å². The van der Waals surface area contributed by atoms with E-state index in [1.807, 2.05) is 25.1 Å². The van der Waals surface area contributed by atoms with Crippen LogP contribution in [0.2, 0.25) is 0 Å². The molecule has 1 unspecified atom stereocenters. The summed E-state index contributed by atoms with van der Waals surface area (Å²) in [7, 11) is 4.73. The Morgan fingerprint density at radius 1 is 1.06 bits per heavy atom. The van der Waals surface area contributed by atoms with Crippen LogP contribution < -0.4 is 24.8 Å². The summed E-state index contributed by atoms with van der Waals surface area (Å²) < 4.78 is 17.5. The van der Waals surface area contributed by atoms with Crippen LogP contribution in [0.1, 0.15) is 25.1 Å². The third-order valence-electron chi connectivity index (χ3n) is 5.58. The summed E-state index contributed by atoms with van der Waals surface area (Å²) in [5.74, 6) is 1.91. The van der Waals surface area contributed by atoms with E-state index in [1.54, 1.807) is 50.3 Å². The Morgan fingerprint density at radius 3 is 2.42 bits per heavy atom. The van der Waals surface area contributed by atoms with Gasteiger partial charge in [0, 0.05) is 11.3 Å². The van der Waals surface area contributed by atoms with Crippen LogP contribution in [0.3, 0.4) is 0 Å². The molecule has 1 aliphatic rings. The number of aromatic nitrogens is 2. The molecule has 0 spiro atoms. The van der Waals surface area contributed by atoms with Crippen molar-refractivity contribution in [2.45, 2.75) is 25.8 Å². The van der Waals surface area contributed by atoms with Crippen LogP contribution in [0.15, 0.2) is 42.5 Å². The molecule has 1 aliphatic heterocycles. The molecule has 2 heterocycles. The molecule has 9 heteroatoms. The third kappa shape index (κ3) is 4.21. The van der Waals surface area contributed by atoms with Crippen molar-refractivity contribution in [3.8, 4) is 28.4 Å². The molecule has 0 saturated heterocycles. The quantitative estimate of drug-likeness (QED) is 0.543. The maximum Gasteiger partial charge on any atom is 0.251 e. The summed E-state index contributed by atoms with van der Waals surface area (Å²) in [6.07, 6.45) is 0.616. The first-order valence-electron chi connectivity index (χ1n) is 10.6. The van der Waals surface area contributed by atoms with Gasteiger partial charge in [-0.05, 0) is 48.4 Å². The van der Waals surface area contributed by atoms with Crippen LogP contribution in [0, 0.1) is 0 Å². The Labute approximate surface area is 191 Å². The van der Waals surface area contributed by atoms with Crippen molar-refractivity contribution >= 4 is 23.3 Å². The van der Waals surface area contributed by atoms with E-state index in [1.165, 1.54) is 0 Å². The van der Waals surface area contributed by atoms with Gasteiger partial charge in [0.1, 0.15) is 17.6 Å². The van der Waals surface area contributed by atoms with Gasteiger partial charge in [-0.15, -0.1) is 0 Å². The number of methoxy groups -OCH3 is 3. The minimum atomic E-state index is -0.738. The van der Waals surface area contributed by atoms with Crippen molar-refractivity contribution in [3.05, 3.63) is 48.2 Å². The molecule has 0 fully saturated rings. The highest BCUT2D eigenvalue weighted by Crippen LogP contribution is 2.41. The third-order valence-corrected chi connectivity index (χ3v) is 5.58. The van der Waals surface area contributed by atoms with Crippen molar-refractivity contribution in [3.63, 3.8) is 0 Å². The molecule has 0 saturated carbocycles. The lowest BCUT2D eigenvalue weighted by molar-refractivity contribution is -0.123. The molecule has 1 aromatic heterocycles. The zero-order chi connectivity index (χ0) is 23.5. The van der Waals surface area contributed by atoms with Crippen molar-refractivity contribution in [2.75, 3.05) is 32.0 Å². The average Bonchev–Trinajstić information content (AvgIpc) is 3.33. The largest absolute Gasteiger partial charge is 0.497 e. The second kappa shape index (κ2) is 9.23. The van der Waals surface area contributed by atoms with Gasteiger partial charge >= 0.3 is 0 Å². The normalized spacial score (nSPS) is 14.4. The van der Waals surface area contributed by atoms with Crippen molar-refractivity contribution in [2.24, 2.45) is 0 Å². The van der Waals surface area contributed by atoms with Crippen LogP contribution in [0.25, 0.3) is 11.1 Å². The minimum Gasteiger partial charge on any atom is -0.497 e. The molecular formula is C24H26N4O5. The minimum absolute atomic E-state index is 0.0406. The van der Waals surface area contributed by atoms with Gasteiger partial charge in [-0.3, -0.25) is 9.59 Å². The fraction of sp³-hybridized carbons (Fsp3) is 0.292. The summed E-state index contributed by atoms with van der Waals surface area (Å²) in [5.41, 5.74) is 3.09. The molecule has 172 valence electrons. The van der Waals surface area contributed by atoms with E-state index in [-0.39, 0.29) is 18.2 Å². The summed E-state index contributed by atoms with van der Waals surface area (Å²) in [4.78, 5) is 25.4. The lowest BCUT2D eigenvalue weighted by Crippen LogP contribution is -2.23. The molecule has 4 rings (SSSR count). The number of nitrogens with one attached hydrogen (secondary N) is 2. The van der Waals surface area contributed by atoms with E-state index in [9.17, 15) is 9.59 Å². The van der Waals surface area contributed by atoms with Crippen molar-refractivity contribution in [1.82, 2.24) is 9.78 Å². The summed E-state index contributed by atoms with van der Waals surface area (Å²) in [6.45, 7) is 2.00. The number of fused-ring (bicyclic) bond motifs is 1. The van der Waals surface area contributed by atoms with Crippen LogP contribution in [-0.2, 0) is 16.0 Å². The van der Waals surface area contributed by atoms with Crippen LogP contribution in [0.4, 0.5) is 11.5 Å². The first-order valence-corrected chi connectivity index (χ1v) is 10.6. The zero-order valence-electron chi connectivity index (χ0n) is 19.0. The van der Waals surface area contributed by atoms with Gasteiger partial charge in [0.2, 0.25) is 5.91 Å². The molecule has 33 heavy (non-hydrogen) atoms.